The second-order valence-corrected chi connectivity index (χ2v) is 6.84. The molecule has 1 N–H and O–H groups in total. The Labute approximate surface area is 146 Å². The molecule has 122 valence electrons. The van der Waals surface area contributed by atoms with E-state index in [1.807, 2.05) is 18.2 Å². The van der Waals surface area contributed by atoms with Gasteiger partial charge in [-0.25, -0.2) is 0 Å². The van der Waals surface area contributed by atoms with E-state index in [0.717, 1.165) is 16.6 Å². The first-order valence-corrected chi connectivity index (χ1v) is 8.75. The minimum absolute atomic E-state index is 0.0395. The number of aryl methyl sites for hydroxylation is 1. The highest BCUT2D eigenvalue weighted by Gasteiger charge is 2.29. The molecule has 1 aliphatic heterocycles. The molecule has 0 saturated carbocycles. The molecule has 2 aromatic rings. The van der Waals surface area contributed by atoms with Crippen molar-refractivity contribution in [1.29, 1.82) is 0 Å². The van der Waals surface area contributed by atoms with E-state index in [-0.39, 0.29) is 18.4 Å². The van der Waals surface area contributed by atoms with Gasteiger partial charge in [0.05, 0.1) is 18.8 Å². The van der Waals surface area contributed by atoms with Crippen molar-refractivity contribution in [1.82, 2.24) is 5.32 Å². The van der Waals surface area contributed by atoms with E-state index in [1.54, 1.807) is 0 Å². The van der Waals surface area contributed by atoms with E-state index in [9.17, 15) is 0 Å². The third-order valence-electron chi connectivity index (χ3n) is 4.05. The third kappa shape index (κ3) is 4.21. The lowest BCUT2D eigenvalue weighted by Crippen LogP contribution is -2.43. The Kier molecular flexibility index (Phi) is 5.49. The summed E-state index contributed by atoms with van der Waals surface area (Å²) in [6, 6.07) is 16.7. The summed E-state index contributed by atoms with van der Waals surface area (Å²) in [5.41, 5.74) is 3.56. The van der Waals surface area contributed by atoms with Gasteiger partial charge in [0.25, 0.3) is 0 Å². The Balaban J connectivity index is 1.76. The summed E-state index contributed by atoms with van der Waals surface area (Å²) in [6.45, 7) is 5.66. The average molecular weight is 376 g/mol. The Hall–Kier alpha value is -1.20. The van der Waals surface area contributed by atoms with Gasteiger partial charge in [0.1, 0.15) is 0 Å². The zero-order chi connectivity index (χ0) is 16.2. The van der Waals surface area contributed by atoms with Gasteiger partial charge in [0, 0.05) is 11.0 Å². The van der Waals surface area contributed by atoms with E-state index in [2.05, 4.69) is 65.4 Å². The highest BCUT2D eigenvalue weighted by atomic mass is 79.9. The molecule has 0 aromatic heterocycles. The molecule has 1 saturated heterocycles. The monoisotopic (exact) mass is 375 g/mol. The number of ether oxygens (including phenoxy) is 2. The second-order valence-electron chi connectivity index (χ2n) is 5.92. The molecule has 1 aliphatic rings. The summed E-state index contributed by atoms with van der Waals surface area (Å²) in [5.74, 6) is 0. The molecule has 3 nitrogen and oxygen atoms in total. The molecule has 0 amide bonds. The molecule has 23 heavy (non-hydrogen) atoms. The first-order valence-electron chi connectivity index (χ1n) is 7.96. The Morgan fingerprint density at radius 1 is 1.22 bits per heavy atom. The van der Waals surface area contributed by atoms with E-state index < -0.39 is 0 Å². The molecule has 0 aliphatic carbocycles. The van der Waals surface area contributed by atoms with Crippen molar-refractivity contribution < 1.29 is 9.47 Å². The fourth-order valence-corrected chi connectivity index (χ4v) is 3.54. The first-order chi connectivity index (χ1) is 11.1. The molecule has 3 atom stereocenters. The van der Waals surface area contributed by atoms with Gasteiger partial charge in [-0.15, -0.1) is 0 Å². The van der Waals surface area contributed by atoms with Crippen molar-refractivity contribution in [3.05, 3.63) is 69.7 Å². The molecule has 0 spiro atoms. The molecular formula is C19H22BrNO2. The minimum atomic E-state index is -0.291. The van der Waals surface area contributed by atoms with E-state index in [1.165, 1.54) is 11.1 Å². The van der Waals surface area contributed by atoms with E-state index >= 15 is 0 Å². The molecule has 1 fully saturated rings. The molecule has 0 bridgehead atoms. The summed E-state index contributed by atoms with van der Waals surface area (Å²) in [5, 5.41) is 3.51. The Morgan fingerprint density at radius 3 is 2.74 bits per heavy atom. The highest BCUT2D eigenvalue weighted by Crippen LogP contribution is 2.29. The zero-order valence-electron chi connectivity index (χ0n) is 13.5. The molecule has 0 unspecified atom stereocenters. The van der Waals surface area contributed by atoms with Crippen LogP contribution in [-0.2, 0) is 9.47 Å². The lowest BCUT2D eigenvalue weighted by molar-refractivity contribution is -0.200. The van der Waals surface area contributed by atoms with Crippen LogP contribution in [0.5, 0.6) is 0 Å². The number of nitrogens with one attached hydrogen (secondary N) is 1. The van der Waals surface area contributed by atoms with Crippen LogP contribution in [0.4, 0.5) is 0 Å². The van der Waals surface area contributed by atoms with Gasteiger partial charge >= 0.3 is 0 Å². The zero-order valence-corrected chi connectivity index (χ0v) is 15.0. The van der Waals surface area contributed by atoms with Crippen molar-refractivity contribution in [2.45, 2.75) is 32.3 Å². The lowest BCUT2D eigenvalue weighted by Gasteiger charge is -2.34. The summed E-state index contributed by atoms with van der Waals surface area (Å²) in [4.78, 5) is 0. The van der Waals surface area contributed by atoms with Gasteiger partial charge in [0.2, 0.25) is 0 Å². The molecule has 0 radical (unpaired) electrons. The van der Waals surface area contributed by atoms with Crippen LogP contribution in [0.2, 0.25) is 0 Å². The second kappa shape index (κ2) is 7.58. The average Bonchev–Trinajstić information content (AvgIpc) is 2.55. The van der Waals surface area contributed by atoms with Crippen molar-refractivity contribution >= 4 is 15.9 Å². The van der Waals surface area contributed by atoms with Gasteiger partial charge in [-0.05, 0) is 42.7 Å². The smallest absolute Gasteiger partial charge is 0.177 e. The van der Waals surface area contributed by atoms with Crippen LogP contribution in [0.3, 0.4) is 0 Å². The predicted molar refractivity (Wildman–Crippen MR) is 95.3 cm³/mol. The standard InChI is InChI=1S/C19H22BrNO2/c1-13-10-16(12-17(20)11-13)14(2)23-19-18(21-8-9-22-19)15-6-4-3-5-7-15/h3-7,10-12,14,18-19,21H,8-9H2,1-2H3/t14-,18+,19-/m1/s1. The summed E-state index contributed by atoms with van der Waals surface area (Å²) < 4.78 is 13.2. The maximum atomic E-state index is 6.25. The van der Waals surface area contributed by atoms with Gasteiger partial charge in [0.15, 0.2) is 6.29 Å². The first kappa shape index (κ1) is 16.7. The highest BCUT2D eigenvalue weighted by molar-refractivity contribution is 9.10. The summed E-state index contributed by atoms with van der Waals surface area (Å²) in [6.07, 6.45) is -0.331. The number of halogens is 1. The summed E-state index contributed by atoms with van der Waals surface area (Å²) >= 11 is 3.56. The van der Waals surface area contributed by atoms with Gasteiger partial charge in [-0.1, -0.05) is 52.3 Å². The van der Waals surface area contributed by atoms with Crippen LogP contribution in [0.1, 0.15) is 35.8 Å². The topological polar surface area (TPSA) is 30.5 Å². The number of rotatable bonds is 4. The van der Waals surface area contributed by atoms with Gasteiger partial charge < -0.3 is 14.8 Å². The van der Waals surface area contributed by atoms with Crippen LogP contribution < -0.4 is 5.32 Å². The molecular weight excluding hydrogens is 354 g/mol. The molecule has 3 rings (SSSR count). The fourth-order valence-electron chi connectivity index (χ4n) is 2.91. The Morgan fingerprint density at radius 2 is 2.00 bits per heavy atom. The van der Waals surface area contributed by atoms with Crippen LogP contribution in [0.25, 0.3) is 0 Å². The van der Waals surface area contributed by atoms with Gasteiger partial charge in [-0.2, -0.15) is 0 Å². The predicted octanol–water partition coefficient (Wildman–Crippen LogP) is 4.52. The van der Waals surface area contributed by atoms with Crippen molar-refractivity contribution in [2.75, 3.05) is 13.2 Å². The quantitative estimate of drug-likeness (QED) is 0.851. The Bertz CT molecular complexity index is 627. The molecule has 2 aromatic carbocycles. The molecule has 1 heterocycles. The SMILES string of the molecule is Cc1cc(Br)cc([C@@H](C)O[C@H]2OCCN[C@H]2c2ccccc2)c1. The minimum Gasteiger partial charge on any atom is -0.349 e. The fraction of sp³-hybridized carbons (Fsp3) is 0.368. The number of benzene rings is 2. The van der Waals surface area contributed by atoms with E-state index in [4.69, 9.17) is 9.47 Å². The number of morpholine rings is 1. The van der Waals surface area contributed by atoms with Crippen LogP contribution >= 0.6 is 15.9 Å². The normalized spacial score (nSPS) is 22.7. The van der Waals surface area contributed by atoms with Crippen molar-refractivity contribution in [3.63, 3.8) is 0 Å². The third-order valence-corrected chi connectivity index (χ3v) is 4.51. The van der Waals surface area contributed by atoms with Crippen molar-refractivity contribution in [2.24, 2.45) is 0 Å². The molecule has 4 heteroatoms. The largest absolute Gasteiger partial charge is 0.349 e. The number of hydrogen-bond donors (Lipinski definition) is 1. The van der Waals surface area contributed by atoms with Crippen LogP contribution in [0, 0.1) is 6.92 Å². The van der Waals surface area contributed by atoms with Crippen LogP contribution in [-0.4, -0.2) is 19.4 Å². The van der Waals surface area contributed by atoms with Crippen LogP contribution in [0.15, 0.2) is 53.0 Å². The summed E-state index contributed by atoms with van der Waals surface area (Å²) in [7, 11) is 0. The number of hydrogen-bond acceptors (Lipinski definition) is 3. The van der Waals surface area contributed by atoms with Gasteiger partial charge in [-0.3, -0.25) is 0 Å². The van der Waals surface area contributed by atoms with Crippen molar-refractivity contribution in [3.8, 4) is 0 Å². The maximum Gasteiger partial charge on any atom is 0.177 e. The maximum absolute atomic E-state index is 6.25. The van der Waals surface area contributed by atoms with E-state index in [0.29, 0.717) is 6.61 Å². The lowest BCUT2D eigenvalue weighted by atomic mass is 10.0.